The number of allylic oxidation sites excluding steroid dienone is 1. The Morgan fingerprint density at radius 3 is 2.55 bits per heavy atom. The van der Waals surface area contributed by atoms with E-state index in [4.69, 9.17) is 9.47 Å². The Morgan fingerprint density at radius 2 is 1.86 bits per heavy atom. The molecular formula is C19H28O3. The van der Waals surface area contributed by atoms with Gasteiger partial charge in [0.2, 0.25) is 0 Å². The Hall–Kier alpha value is -0.640. The standard InChI is InChI=1S/C19H28O3/c1-13(2)14-3-4-16(11-14)18(20)12-17-6-5-15(18)7-8-19(17)21-9-10-22-19/h5-6,11,13-15,17,20H,3-4,7-10,12H2,1-2H3/t14-,15+,17+,18+/m1/s1. The zero-order valence-corrected chi connectivity index (χ0v) is 13.8. The molecule has 3 heteroatoms. The van der Waals surface area contributed by atoms with Crippen molar-refractivity contribution in [3.63, 3.8) is 0 Å². The summed E-state index contributed by atoms with van der Waals surface area (Å²) in [5.41, 5.74) is 0.600. The van der Waals surface area contributed by atoms with Crippen LogP contribution in [0.2, 0.25) is 0 Å². The zero-order chi connectivity index (χ0) is 15.4. The Morgan fingerprint density at radius 1 is 1.14 bits per heavy atom. The maximum atomic E-state index is 11.6. The van der Waals surface area contributed by atoms with Crippen molar-refractivity contribution in [2.75, 3.05) is 13.2 Å². The van der Waals surface area contributed by atoms with Gasteiger partial charge in [-0.1, -0.05) is 32.1 Å². The lowest BCUT2D eigenvalue weighted by molar-refractivity contribution is -0.190. The van der Waals surface area contributed by atoms with E-state index < -0.39 is 11.4 Å². The molecule has 4 aliphatic carbocycles. The normalized spacial score (nSPS) is 43.1. The van der Waals surface area contributed by atoms with Gasteiger partial charge in [-0.25, -0.2) is 0 Å². The fourth-order valence-corrected chi connectivity index (χ4v) is 4.99. The van der Waals surface area contributed by atoms with E-state index in [0.29, 0.717) is 25.0 Å². The molecule has 2 bridgehead atoms. The van der Waals surface area contributed by atoms with E-state index in [1.807, 2.05) is 0 Å². The molecule has 1 heterocycles. The summed E-state index contributed by atoms with van der Waals surface area (Å²) < 4.78 is 12.0. The monoisotopic (exact) mass is 304 g/mol. The van der Waals surface area contributed by atoms with Crippen molar-refractivity contribution in [1.82, 2.24) is 0 Å². The van der Waals surface area contributed by atoms with Crippen LogP contribution in [-0.4, -0.2) is 29.7 Å². The average Bonchev–Trinajstić information content (AvgIpc) is 3.11. The number of aliphatic hydroxyl groups is 1. The molecule has 1 N–H and O–H groups in total. The summed E-state index contributed by atoms with van der Waals surface area (Å²) in [5, 5.41) is 11.6. The van der Waals surface area contributed by atoms with Crippen LogP contribution in [0, 0.1) is 23.7 Å². The second-order valence-electron chi connectivity index (χ2n) is 7.91. The SMILES string of the molecule is CC(C)[C@H]1C=C([C@]2(O)C[C@@H]3C=C[C@H]2CCC32OCCO2)CC1. The quantitative estimate of drug-likeness (QED) is 0.794. The molecule has 22 heavy (non-hydrogen) atoms. The minimum Gasteiger partial charge on any atom is -0.385 e. The first-order valence-corrected chi connectivity index (χ1v) is 8.93. The van der Waals surface area contributed by atoms with Crippen LogP contribution in [0.5, 0.6) is 0 Å². The van der Waals surface area contributed by atoms with Gasteiger partial charge in [-0.3, -0.25) is 0 Å². The molecule has 1 saturated carbocycles. The highest BCUT2D eigenvalue weighted by molar-refractivity contribution is 5.30. The maximum Gasteiger partial charge on any atom is 0.174 e. The van der Waals surface area contributed by atoms with Crippen molar-refractivity contribution in [3.05, 3.63) is 23.8 Å². The lowest BCUT2D eigenvalue weighted by atomic mass is 9.71. The van der Waals surface area contributed by atoms with Gasteiger partial charge in [-0.15, -0.1) is 0 Å². The van der Waals surface area contributed by atoms with Gasteiger partial charge in [0.05, 0.1) is 18.8 Å². The summed E-state index contributed by atoms with van der Waals surface area (Å²) >= 11 is 0. The highest BCUT2D eigenvalue weighted by atomic mass is 16.7. The molecule has 5 aliphatic rings. The first-order valence-electron chi connectivity index (χ1n) is 8.93. The third kappa shape index (κ3) is 2.13. The summed E-state index contributed by atoms with van der Waals surface area (Å²) in [6, 6.07) is 0. The van der Waals surface area contributed by atoms with Gasteiger partial charge in [0.25, 0.3) is 0 Å². The average molecular weight is 304 g/mol. The topological polar surface area (TPSA) is 38.7 Å². The van der Waals surface area contributed by atoms with E-state index in [-0.39, 0.29) is 11.8 Å². The van der Waals surface area contributed by atoms with E-state index in [9.17, 15) is 5.11 Å². The molecule has 0 aromatic heterocycles. The fraction of sp³-hybridized carbons (Fsp3) is 0.789. The molecule has 0 aromatic rings. The van der Waals surface area contributed by atoms with Crippen molar-refractivity contribution in [3.8, 4) is 0 Å². The molecule has 5 rings (SSSR count). The van der Waals surface area contributed by atoms with E-state index in [0.717, 1.165) is 25.7 Å². The number of rotatable bonds is 2. The van der Waals surface area contributed by atoms with Crippen LogP contribution in [-0.2, 0) is 9.47 Å². The van der Waals surface area contributed by atoms with Gasteiger partial charge >= 0.3 is 0 Å². The summed E-state index contributed by atoms with van der Waals surface area (Å²) in [6.07, 6.45) is 11.7. The zero-order valence-electron chi connectivity index (χ0n) is 13.8. The Labute approximate surface area is 133 Å². The van der Waals surface area contributed by atoms with Crippen LogP contribution < -0.4 is 0 Å². The highest BCUT2D eigenvalue weighted by Gasteiger charge is 2.55. The maximum absolute atomic E-state index is 11.6. The predicted molar refractivity (Wildman–Crippen MR) is 85.2 cm³/mol. The molecular weight excluding hydrogens is 276 g/mol. The second-order valence-corrected chi connectivity index (χ2v) is 7.91. The van der Waals surface area contributed by atoms with Gasteiger partial charge < -0.3 is 14.6 Å². The molecule has 3 nitrogen and oxygen atoms in total. The summed E-state index contributed by atoms with van der Waals surface area (Å²) in [6.45, 7) is 5.93. The smallest absolute Gasteiger partial charge is 0.174 e. The van der Waals surface area contributed by atoms with Crippen LogP contribution in [0.15, 0.2) is 23.8 Å². The van der Waals surface area contributed by atoms with Gasteiger partial charge in [-0.2, -0.15) is 0 Å². The molecule has 0 radical (unpaired) electrons. The third-order valence-electron chi connectivity index (χ3n) is 6.44. The van der Waals surface area contributed by atoms with Crippen molar-refractivity contribution >= 4 is 0 Å². The second kappa shape index (κ2) is 5.19. The molecule has 2 fully saturated rings. The largest absolute Gasteiger partial charge is 0.385 e. The van der Waals surface area contributed by atoms with Gasteiger partial charge in [0, 0.05) is 18.3 Å². The van der Waals surface area contributed by atoms with E-state index in [1.165, 1.54) is 12.0 Å². The van der Waals surface area contributed by atoms with Crippen molar-refractivity contribution in [2.45, 2.75) is 57.3 Å². The van der Waals surface area contributed by atoms with Crippen LogP contribution in [0.4, 0.5) is 0 Å². The summed E-state index contributed by atoms with van der Waals surface area (Å²) in [4.78, 5) is 0. The first-order chi connectivity index (χ1) is 10.5. The third-order valence-corrected chi connectivity index (χ3v) is 6.44. The minimum absolute atomic E-state index is 0.178. The number of hydrogen-bond acceptors (Lipinski definition) is 3. The van der Waals surface area contributed by atoms with Crippen LogP contribution in [0.3, 0.4) is 0 Å². The summed E-state index contributed by atoms with van der Waals surface area (Å²) in [5.74, 6) is 1.21. The number of fused-ring (bicyclic) bond motifs is 2. The van der Waals surface area contributed by atoms with Crippen molar-refractivity contribution < 1.29 is 14.6 Å². The first kappa shape index (κ1) is 14.9. The Bertz CT molecular complexity index is 501. The van der Waals surface area contributed by atoms with Crippen LogP contribution >= 0.6 is 0 Å². The fourth-order valence-electron chi connectivity index (χ4n) is 4.99. The van der Waals surface area contributed by atoms with Crippen molar-refractivity contribution in [2.24, 2.45) is 23.7 Å². The molecule has 0 amide bonds. The van der Waals surface area contributed by atoms with Crippen molar-refractivity contribution in [1.29, 1.82) is 0 Å². The molecule has 122 valence electrons. The lowest BCUT2D eigenvalue weighted by Gasteiger charge is -2.41. The lowest BCUT2D eigenvalue weighted by Crippen LogP contribution is -2.45. The van der Waals surface area contributed by atoms with Gasteiger partial charge in [0.15, 0.2) is 5.79 Å². The van der Waals surface area contributed by atoms with E-state index in [2.05, 4.69) is 32.1 Å². The van der Waals surface area contributed by atoms with E-state index >= 15 is 0 Å². The molecule has 1 saturated heterocycles. The molecule has 1 spiro atoms. The highest BCUT2D eigenvalue weighted by Crippen LogP contribution is 2.53. The predicted octanol–water partition coefficient (Wildman–Crippen LogP) is 3.44. The van der Waals surface area contributed by atoms with E-state index in [1.54, 1.807) is 0 Å². The summed E-state index contributed by atoms with van der Waals surface area (Å²) in [7, 11) is 0. The number of hydrogen-bond donors (Lipinski definition) is 1. The molecule has 4 atom stereocenters. The minimum atomic E-state index is -0.679. The van der Waals surface area contributed by atoms with Crippen LogP contribution in [0.25, 0.3) is 0 Å². The molecule has 0 unspecified atom stereocenters. The Kier molecular flexibility index (Phi) is 3.52. The molecule has 0 aromatic carbocycles. The molecule has 1 aliphatic heterocycles. The van der Waals surface area contributed by atoms with Gasteiger partial charge in [-0.05, 0) is 43.1 Å². The van der Waals surface area contributed by atoms with Gasteiger partial charge in [0.1, 0.15) is 0 Å². The Balaban J connectivity index is 1.64. The van der Waals surface area contributed by atoms with Crippen LogP contribution in [0.1, 0.15) is 46.0 Å². The number of ether oxygens (including phenoxy) is 2.